The van der Waals surface area contributed by atoms with Crippen LogP contribution in [0.4, 0.5) is 5.69 Å². The molecule has 1 aromatic heterocycles. The van der Waals surface area contributed by atoms with Gasteiger partial charge in [0.2, 0.25) is 5.88 Å². The number of hydrogen-bond acceptors (Lipinski definition) is 8. The Morgan fingerprint density at radius 2 is 2.18 bits per heavy atom. The van der Waals surface area contributed by atoms with Crippen LogP contribution >= 0.6 is 0 Å². The Hall–Kier alpha value is -4.06. The van der Waals surface area contributed by atoms with Gasteiger partial charge in [0, 0.05) is 17.7 Å². The minimum atomic E-state index is -0.970. The number of rotatable bonds is 5. The fourth-order valence-corrected chi connectivity index (χ4v) is 2.89. The average molecular weight is 381 g/mol. The topological polar surface area (TPSA) is 142 Å². The normalized spacial score (nSPS) is 16.4. The second kappa shape index (κ2) is 7.67. The van der Waals surface area contributed by atoms with Crippen molar-refractivity contribution in [3.63, 3.8) is 0 Å². The molecule has 0 saturated carbocycles. The molecule has 28 heavy (non-hydrogen) atoms. The van der Waals surface area contributed by atoms with Crippen LogP contribution in [-0.2, 0) is 14.3 Å². The Morgan fingerprint density at radius 1 is 1.39 bits per heavy atom. The van der Waals surface area contributed by atoms with Crippen molar-refractivity contribution in [3.05, 3.63) is 81.1 Å². The molecule has 142 valence electrons. The summed E-state index contributed by atoms with van der Waals surface area (Å²) in [5.41, 5.74) is 5.92. The van der Waals surface area contributed by atoms with Gasteiger partial charge in [-0.2, -0.15) is 5.26 Å². The highest BCUT2D eigenvalue weighted by Gasteiger charge is 2.40. The minimum absolute atomic E-state index is 0.0211. The van der Waals surface area contributed by atoms with Gasteiger partial charge in [-0.05, 0) is 19.1 Å². The van der Waals surface area contributed by atoms with Crippen molar-refractivity contribution >= 4 is 17.4 Å². The molecule has 0 amide bonds. The van der Waals surface area contributed by atoms with Crippen molar-refractivity contribution in [2.45, 2.75) is 12.8 Å². The number of nitriles is 1. The molecule has 2 heterocycles. The highest BCUT2D eigenvalue weighted by atomic mass is 16.6. The summed E-state index contributed by atoms with van der Waals surface area (Å²) in [6.45, 7) is 1.71. The van der Waals surface area contributed by atoms with Gasteiger partial charge in [0.25, 0.3) is 5.69 Å². The van der Waals surface area contributed by atoms with Crippen LogP contribution in [0.25, 0.3) is 5.76 Å². The summed E-state index contributed by atoms with van der Waals surface area (Å²) in [5, 5.41) is 20.7. The van der Waals surface area contributed by atoms with Gasteiger partial charge in [0.05, 0.1) is 29.3 Å². The number of nitrogens with zero attached hydrogens (tertiary/aromatic N) is 2. The lowest BCUT2D eigenvalue weighted by molar-refractivity contribution is -0.384. The highest BCUT2D eigenvalue weighted by molar-refractivity contribution is 5.99. The molecule has 1 unspecified atom stereocenters. The number of carbonyl (C=O) groups is 1. The lowest BCUT2D eigenvalue weighted by atomic mass is 9.85. The lowest BCUT2D eigenvalue weighted by Gasteiger charge is -2.26. The van der Waals surface area contributed by atoms with Gasteiger partial charge in [-0.25, -0.2) is 4.79 Å². The van der Waals surface area contributed by atoms with Crippen LogP contribution in [-0.4, -0.2) is 17.5 Å². The number of allylic oxidation sites excluding steroid dienone is 1. The zero-order valence-electron chi connectivity index (χ0n) is 14.7. The molecule has 0 aliphatic carbocycles. The van der Waals surface area contributed by atoms with Crippen LogP contribution < -0.4 is 5.73 Å². The second-order valence-corrected chi connectivity index (χ2v) is 5.71. The monoisotopic (exact) mass is 381 g/mol. The molecule has 1 aliphatic heterocycles. The molecule has 1 atom stereocenters. The number of benzene rings is 1. The first-order valence-electron chi connectivity index (χ1n) is 8.25. The first kappa shape index (κ1) is 18.7. The van der Waals surface area contributed by atoms with Crippen molar-refractivity contribution in [3.8, 4) is 6.07 Å². The van der Waals surface area contributed by atoms with Crippen molar-refractivity contribution in [1.29, 1.82) is 5.26 Å². The number of ether oxygens (including phenoxy) is 2. The fraction of sp³-hybridized carbons (Fsp3) is 0.158. The number of hydrogen-bond donors (Lipinski definition) is 1. The van der Waals surface area contributed by atoms with E-state index in [1.165, 1.54) is 30.5 Å². The summed E-state index contributed by atoms with van der Waals surface area (Å²) in [7, 11) is 0. The second-order valence-electron chi connectivity index (χ2n) is 5.71. The molecule has 2 N–H and O–H groups in total. The standard InChI is InChI=1S/C19H15N3O6/c1-2-26-19(23)16-15(14-7-4-8-27-14)13(10-20)18(21)28-17(16)11-5-3-6-12(9-11)22(24)25/h3-9,15H,2,21H2,1H3. The van der Waals surface area contributed by atoms with E-state index < -0.39 is 16.8 Å². The van der Waals surface area contributed by atoms with E-state index in [4.69, 9.17) is 19.6 Å². The Kier molecular flexibility index (Phi) is 5.13. The van der Waals surface area contributed by atoms with Gasteiger partial charge in [-0.15, -0.1) is 0 Å². The predicted octanol–water partition coefficient (Wildman–Crippen LogP) is 2.97. The van der Waals surface area contributed by atoms with E-state index in [1.54, 1.807) is 19.1 Å². The first-order chi connectivity index (χ1) is 13.5. The SMILES string of the molecule is CCOC(=O)C1=C(c2cccc([N+](=O)[O-])c2)OC(N)=C(C#N)C1c1ccco1. The van der Waals surface area contributed by atoms with E-state index in [1.807, 2.05) is 6.07 Å². The van der Waals surface area contributed by atoms with E-state index in [9.17, 15) is 20.2 Å². The molecule has 9 nitrogen and oxygen atoms in total. The van der Waals surface area contributed by atoms with Crippen LogP contribution in [0, 0.1) is 21.4 Å². The molecular formula is C19H15N3O6. The number of esters is 1. The van der Waals surface area contributed by atoms with Crippen molar-refractivity contribution in [2.75, 3.05) is 6.61 Å². The smallest absolute Gasteiger partial charge is 0.338 e. The molecule has 0 fully saturated rings. The molecule has 0 radical (unpaired) electrons. The molecule has 3 rings (SSSR count). The Labute approximate surface area is 159 Å². The third kappa shape index (κ3) is 3.31. The predicted molar refractivity (Wildman–Crippen MR) is 96.0 cm³/mol. The minimum Gasteiger partial charge on any atom is -0.468 e. The lowest BCUT2D eigenvalue weighted by Crippen LogP contribution is -2.25. The molecule has 1 aromatic carbocycles. The maximum atomic E-state index is 12.8. The van der Waals surface area contributed by atoms with Crippen molar-refractivity contribution in [2.24, 2.45) is 5.73 Å². The molecule has 0 bridgehead atoms. The summed E-state index contributed by atoms with van der Waals surface area (Å²) in [6, 6.07) is 10.7. The van der Waals surface area contributed by atoms with Crippen LogP contribution in [0.2, 0.25) is 0 Å². The third-order valence-electron chi connectivity index (χ3n) is 4.06. The van der Waals surface area contributed by atoms with Gasteiger partial charge in [-0.1, -0.05) is 12.1 Å². The van der Waals surface area contributed by atoms with Gasteiger partial charge in [-0.3, -0.25) is 10.1 Å². The zero-order valence-corrected chi connectivity index (χ0v) is 14.7. The van der Waals surface area contributed by atoms with Crippen molar-refractivity contribution < 1.29 is 23.6 Å². The van der Waals surface area contributed by atoms with E-state index >= 15 is 0 Å². The van der Waals surface area contributed by atoms with E-state index in [0.717, 1.165) is 0 Å². The van der Waals surface area contributed by atoms with E-state index in [2.05, 4.69) is 0 Å². The zero-order chi connectivity index (χ0) is 20.3. The number of nitrogens with two attached hydrogens (primary N) is 1. The van der Waals surface area contributed by atoms with Crippen LogP contribution in [0.1, 0.15) is 24.2 Å². The van der Waals surface area contributed by atoms with Crippen LogP contribution in [0.15, 0.2) is 64.1 Å². The maximum absolute atomic E-state index is 12.8. The summed E-state index contributed by atoms with van der Waals surface area (Å²) in [4.78, 5) is 23.3. The number of nitro benzene ring substituents is 1. The fourth-order valence-electron chi connectivity index (χ4n) is 2.89. The number of non-ortho nitro benzene ring substituents is 1. The Balaban J connectivity index is 2.27. The largest absolute Gasteiger partial charge is 0.468 e. The van der Waals surface area contributed by atoms with Crippen molar-refractivity contribution in [1.82, 2.24) is 0 Å². The Bertz CT molecular complexity index is 1030. The highest BCUT2D eigenvalue weighted by Crippen LogP contribution is 2.43. The molecule has 2 aromatic rings. The molecule has 0 spiro atoms. The Morgan fingerprint density at radius 3 is 2.79 bits per heavy atom. The van der Waals surface area contributed by atoms with Crippen LogP contribution in [0.5, 0.6) is 0 Å². The summed E-state index contributed by atoms with van der Waals surface area (Å²) in [5.74, 6) is -1.68. The average Bonchev–Trinajstić information content (AvgIpc) is 3.21. The van der Waals surface area contributed by atoms with Gasteiger partial charge in [0.1, 0.15) is 23.2 Å². The summed E-state index contributed by atoms with van der Waals surface area (Å²) in [6.07, 6.45) is 1.39. The molecule has 9 heteroatoms. The van der Waals surface area contributed by atoms with Gasteiger partial charge >= 0.3 is 5.97 Å². The summed E-state index contributed by atoms with van der Waals surface area (Å²) >= 11 is 0. The van der Waals surface area contributed by atoms with E-state index in [-0.39, 0.29) is 46.4 Å². The summed E-state index contributed by atoms with van der Waals surface area (Å²) < 4.78 is 16.1. The molecular weight excluding hydrogens is 366 g/mol. The van der Waals surface area contributed by atoms with Gasteiger partial charge in [0.15, 0.2) is 0 Å². The molecule has 0 saturated heterocycles. The maximum Gasteiger partial charge on any atom is 0.338 e. The number of carbonyl (C=O) groups excluding carboxylic acids is 1. The number of furan rings is 1. The van der Waals surface area contributed by atoms with E-state index in [0.29, 0.717) is 0 Å². The van der Waals surface area contributed by atoms with Gasteiger partial charge < -0.3 is 19.6 Å². The molecule has 1 aliphatic rings. The quantitative estimate of drug-likeness (QED) is 0.473. The van der Waals surface area contributed by atoms with Crippen LogP contribution in [0.3, 0.4) is 0 Å². The third-order valence-corrected chi connectivity index (χ3v) is 4.06. The number of nitro groups is 1. The first-order valence-corrected chi connectivity index (χ1v) is 8.25.